The number of nitrogens with two attached hydrogens (primary N) is 2. The van der Waals surface area contributed by atoms with E-state index in [1.54, 1.807) is 0 Å². The van der Waals surface area contributed by atoms with Crippen molar-refractivity contribution in [2.75, 3.05) is 13.1 Å². The van der Waals surface area contributed by atoms with Crippen molar-refractivity contribution in [2.45, 2.75) is 19.8 Å². The molecule has 0 aliphatic carbocycles. The second kappa shape index (κ2) is 5.56. The van der Waals surface area contributed by atoms with E-state index in [2.05, 4.69) is 4.99 Å². The average Bonchev–Trinajstić information content (AvgIpc) is 1.89. The van der Waals surface area contributed by atoms with Crippen LogP contribution < -0.4 is 11.5 Å². The van der Waals surface area contributed by atoms with E-state index in [9.17, 15) is 0 Å². The highest BCUT2D eigenvalue weighted by Gasteiger charge is 1.83. The zero-order valence-corrected chi connectivity index (χ0v) is 5.93. The molecule has 0 atom stereocenters. The fraction of sp³-hybridized carbons (Fsp3) is 0.833. The summed E-state index contributed by atoms with van der Waals surface area (Å²) in [4.78, 5) is 4.05. The van der Waals surface area contributed by atoms with Crippen molar-refractivity contribution in [2.24, 2.45) is 16.5 Å². The minimum absolute atomic E-state index is 0.695. The van der Waals surface area contributed by atoms with Crippen LogP contribution in [0.25, 0.3) is 0 Å². The molecule has 0 saturated carbocycles. The third-order valence-corrected chi connectivity index (χ3v) is 1.04. The van der Waals surface area contributed by atoms with Gasteiger partial charge in [0.15, 0.2) is 0 Å². The fourth-order valence-corrected chi connectivity index (χ4v) is 0.426. The number of aliphatic imine (C=N–C) groups is 1. The van der Waals surface area contributed by atoms with Crippen LogP contribution in [0.15, 0.2) is 4.99 Å². The predicted molar refractivity (Wildman–Crippen MR) is 40.5 cm³/mol. The van der Waals surface area contributed by atoms with Crippen molar-refractivity contribution >= 4 is 5.84 Å². The van der Waals surface area contributed by atoms with Gasteiger partial charge in [-0.3, -0.25) is 4.99 Å². The number of hydrogen-bond donors (Lipinski definition) is 2. The van der Waals surface area contributed by atoms with Crippen LogP contribution in [0.3, 0.4) is 0 Å². The zero-order valence-electron chi connectivity index (χ0n) is 5.93. The number of amidine groups is 1. The number of rotatable bonds is 4. The molecule has 0 radical (unpaired) electrons. The first kappa shape index (κ1) is 8.43. The van der Waals surface area contributed by atoms with Crippen LogP contribution in [-0.2, 0) is 0 Å². The highest BCUT2D eigenvalue weighted by Crippen LogP contribution is 1.80. The second-order valence-electron chi connectivity index (χ2n) is 1.87. The monoisotopic (exact) mass is 129 g/mol. The van der Waals surface area contributed by atoms with Gasteiger partial charge in [-0.1, -0.05) is 6.92 Å². The molecular weight excluding hydrogens is 114 g/mol. The molecule has 4 N–H and O–H groups in total. The summed E-state index contributed by atoms with van der Waals surface area (Å²) in [5.41, 5.74) is 10.7. The Morgan fingerprint density at radius 1 is 1.56 bits per heavy atom. The molecule has 0 aliphatic heterocycles. The predicted octanol–water partition coefficient (Wildman–Crippen LogP) is 0.102. The van der Waals surface area contributed by atoms with E-state index < -0.39 is 0 Å². The Morgan fingerprint density at radius 3 is 2.67 bits per heavy atom. The van der Waals surface area contributed by atoms with Crippen molar-refractivity contribution in [3.8, 4) is 0 Å². The van der Waals surface area contributed by atoms with Gasteiger partial charge in [0.1, 0.15) is 0 Å². The molecule has 9 heavy (non-hydrogen) atoms. The van der Waals surface area contributed by atoms with Crippen LogP contribution in [0.2, 0.25) is 0 Å². The quantitative estimate of drug-likeness (QED) is 0.321. The summed E-state index contributed by atoms with van der Waals surface area (Å²) in [7, 11) is 0. The van der Waals surface area contributed by atoms with Crippen molar-refractivity contribution < 1.29 is 0 Å². The lowest BCUT2D eigenvalue weighted by Crippen LogP contribution is -2.11. The smallest absolute Gasteiger partial charge is 0.0934 e. The van der Waals surface area contributed by atoms with Gasteiger partial charge in [0.2, 0.25) is 0 Å². The third-order valence-electron chi connectivity index (χ3n) is 1.04. The Balaban J connectivity index is 3.21. The molecule has 0 fully saturated rings. The third kappa shape index (κ3) is 5.30. The van der Waals surface area contributed by atoms with E-state index >= 15 is 0 Å². The highest BCUT2D eigenvalue weighted by atomic mass is 14.8. The maximum atomic E-state index is 5.42. The van der Waals surface area contributed by atoms with E-state index in [4.69, 9.17) is 11.5 Å². The Bertz CT molecular complexity index is 88.3. The number of hydrogen-bond acceptors (Lipinski definition) is 2. The molecule has 0 heterocycles. The maximum absolute atomic E-state index is 5.42. The van der Waals surface area contributed by atoms with Gasteiger partial charge in [0, 0.05) is 13.0 Å². The normalized spacial score (nSPS) is 12.0. The fourth-order valence-electron chi connectivity index (χ4n) is 0.426. The molecule has 0 spiro atoms. The Kier molecular flexibility index (Phi) is 5.21. The van der Waals surface area contributed by atoms with E-state index in [0.717, 1.165) is 25.2 Å². The molecule has 3 nitrogen and oxygen atoms in total. The summed E-state index contributed by atoms with van der Waals surface area (Å²) < 4.78 is 0. The van der Waals surface area contributed by atoms with Crippen LogP contribution >= 0.6 is 0 Å². The van der Waals surface area contributed by atoms with Crippen LogP contribution in [-0.4, -0.2) is 18.9 Å². The summed E-state index contributed by atoms with van der Waals surface area (Å²) in [5.74, 6) is 0.725. The SMILES string of the molecule is CCC(N)=NCCCN. The average molecular weight is 129 g/mol. The van der Waals surface area contributed by atoms with E-state index in [-0.39, 0.29) is 0 Å². The van der Waals surface area contributed by atoms with Crippen molar-refractivity contribution in [3.63, 3.8) is 0 Å². The Morgan fingerprint density at radius 2 is 2.22 bits per heavy atom. The zero-order chi connectivity index (χ0) is 7.11. The van der Waals surface area contributed by atoms with Gasteiger partial charge in [0.25, 0.3) is 0 Å². The van der Waals surface area contributed by atoms with Gasteiger partial charge in [-0.15, -0.1) is 0 Å². The molecule has 3 heteroatoms. The topological polar surface area (TPSA) is 64.4 Å². The molecule has 0 aromatic heterocycles. The van der Waals surface area contributed by atoms with Crippen molar-refractivity contribution in [1.29, 1.82) is 0 Å². The van der Waals surface area contributed by atoms with E-state index in [0.29, 0.717) is 6.54 Å². The Hall–Kier alpha value is -0.570. The molecule has 0 unspecified atom stereocenters. The van der Waals surface area contributed by atoms with Gasteiger partial charge in [-0.05, 0) is 13.0 Å². The minimum Gasteiger partial charge on any atom is -0.387 e. The molecule has 0 bridgehead atoms. The van der Waals surface area contributed by atoms with Crippen LogP contribution in [0.1, 0.15) is 19.8 Å². The molecule has 0 aromatic carbocycles. The van der Waals surface area contributed by atoms with Crippen molar-refractivity contribution in [1.82, 2.24) is 0 Å². The minimum atomic E-state index is 0.695. The number of nitrogens with zero attached hydrogens (tertiary/aromatic N) is 1. The van der Waals surface area contributed by atoms with E-state index in [1.165, 1.54) is 0 Å². The summed E-state index contributed by atoms with van der Waals surface area (Å²) >= 11 is 0. The van der Waals surface area contributed by atoms with Gasteiger partial charge >= 0.3 is 0 Å². The lowest BCUT2D eigenvalue weighted by Gasteiger charge is -1.93. The highest BCUT2D eigenvalue weighted by molar-refractivity contribution is 5.79. The second-order valence-corrected chi connectivity index (χ2v) is 1.87. The molecule has 0 rings (SSSR count). The molecule has 0 aromatic rings. The molecule has 0 aliphatic rings. The standard InChI is InChI=1S/C6H15N3/c1-2-6(8)9-5-3-4-7/h2-5,7H2,1H3,(H2,8,9). The summed E-state index contributed by atoms with van der Waals surface area (Å²) in [5, 5.41) is 0. The van der Waals surface area contributed by atoms with Crippen LogP contribution in [0.5, 0.6) is 0 Å². The summed E-state index contributed by atoms with van der Waals surface area (Å²) in [6, 6.07) is 0. The van der Waals surface area contributed by atoms with Crippen LogP contribution in [0, 0.1) is 0 Å². The summed E-state index contributed by atoms with van der Waals surface area (Å²) in [6.07, 6.45) is 1.77. The maximum Gasteiger partial charge on any atom is 0.0934 e. The van der Waals surface area contributed by atoms with Gasteiger partial charge in [-0.2, -0.15) is 0 Å². The first-order valence-electron chi connectivity index (χ1n) is 3.30. The van der Waals surface area contributed by atoms with E-state index in [1.807, 2.05) is 6.92 Å². The van der Waals surface area contributed by atoms with Crippen LogP contribution in [0.4, 0.5) is 0 Å². The molecule has 54 valence electrons. The first-order valence-corrected chi connectivity index (χ1v) is 3.30. The lowest BCUT2D eigenvalue weighted by atomic mass is 10.4. The largest absolute Gasteiger partial charge is 0.387 e. The lowest BCUT2D eigenvalue weighted by molar-refractivity contribution is 0.840. The van der Waals surface area contributed by atoms with Crippen molar-refractivity contribution in [3.05, 3.63) is 0 Å². The molecule has 0 saturated heterocycles. The Labute approximate surface area is 56.1 Å². The molecule has 0 amide bonds. The molecular formula is C6H15N3. The van der Waals surface area contributed by atoms with Gasteiger partial charge in [-0.25, -0.2) is 0 Å². The summed E-state index contributed by atoms with van der Waals surface area (Å²) in [6.45, 7) is 3.46. The first-order chi connectivity index (χ1) is 4.31. The van der Waals surface area contributed by atoms with Gasteiger partial charge < -0.3 is 11.5 Å². The van der Waals surface area contributed by atoms with Gasteiger partial charge in [0.05, 0.1) is 5.84 Å².